The van der Waals surface area contributed by atoms with E-state index in [0.29, 0.717) is 54.3 Å². The van der Waals surface area contributed by atoms with Crippen molar-refractivity contribution in [2.45, 2.75) is 16.1 Å². The van der Waals surface area contributed by atoms with Gasteiger partial charge in [-0.15, -0.1) is 10.2 Å². The molecule has 0 spiro atoms. The minimum absolute atomic E-state index is 0.146. The van der Waals surface area contributed by atoms with Gasteiger partial charge in [-0.1, -0.05) is 52.4 Å². The second-order valence-electron chi connectivity index (χ2n) is 9.23. The van der Waals surface area contributed by atoms with Crippen LogP contribution in [0.25, 0.3) is 5.76 Å². The SMILES string of the molecule is COc1ccc(/C(O)=C2/C(=O)C(=O)N(c3nnc(SCc4ccc(Cl)cc4Cl)s3)C2c2cc(OC)c(OC)c(OC)c2)cc1. The largest absolute Gasteiger partial charge is 0.507 e. The van der Waals surface area contributed by atoms with Gasteiger partial charge >= 0.3 is 5.91 Å². The van der Waals surface area contributed by atoms with E-state index in [4.69, 9.17) is 42.1 Å². The fraction of sp³-hybridized carbons (Fsp3) is 0.200. The molecular weight excluding hydrogens is 649 g/mol. The van der Waals surface area contributed by atoms with Crippen LogP contribution in [0.5, 0.6) is 23.0 Å². The quantitative estimate of drug-likeness (QED) is 0.0633. The zero-order chi connectivity index (χ0) is 31.5. The molecule has 0 aliphatic carbocycles. The van der Waals surface area contributed by atoms with Gasteiger partial charge in [0.05, 0.1) is 40.1 Å². The molecule has 4 aromatic rings. The Labute approximate surface area is 271 Å². The first-order chi connectivity index (χ1) is 21.2. The number of ketones is 1. The molecule has 2 heterocycles. The Morgan fingerprint density at radius 3 is 2.20 bits per heavy atom. The molecule has 0 saturated carbocycles. The number of methoxy groups -OCH3 is 4. The zero-order valence-corrected chi connectivity index (χ0v) is 26.9. The predicted octanol–water partition coefficient (Wildman–Crippen LogP) is 6.80. The molecule has 10 nitrogen and oxygen atoms in total. The highest BCUT2D eigenvalue weighted by molar-refractivity contribution is 8.00. The van der Waals surface area contributed by atoms with E-state index in [9.17, 15) is 14.7 Å². The van der Waals surface area contributed by atoms with Crippen molar-refractivity contribution in [2.75, 3.05) is 33.3 Å². The van der Waals surface area contributed by atoms with Crippen LogP contribution in [0.3, 0.4) is 0 Å². The van der Waals surface area contributed by atoms with E-state index in [1.165, 1.54) is 45.1 Å². The van der Waals surface area contributed by atoms with Gasteiger partial charge in [-0.05, 0) is 59.7 Å². The maximum Gasteiger partial charge on any atom is 0.301 e. The number of amides is 1. The Bertz CT molecular complexity index is 1740. The van der Waals surface area contributed by atoms with Crippen molar-refractivity contribution in [1.82, 2.24) is 10.2 Å². The van der Waals surface area contributed by atoms with Gasteiger partial charge in [0.1, 0.15) is 11.5 Å². The summed E-state index contributed by atoms with van der Waals surface area (Å²) in [5.74, 6) is -0.207. The molecule has 1 unspecified atom stereocenters. The van der Waals surface area contributed by atoms with Crippen LogP contribution in [-0.2, 0) is 15.3 Å². The molecule has 1 aliphatic rings. The summed E-state index contributed by atoms with van der Waals surface area (Å²) in [4.78, 5) is 28.5. The molecule has 1 N–H and O–H groups in total. The summed E-state index contributed by atoms with van der Waals surface area (Å²) >= 11 is 14.8. The smallest absolute Gasteiger partial charge is 0.301 e. The van der Waals surface area contributed by atoms with Crippen molar-refractivity contribution < 1.29 is 33.6 Å². The molecule has 1 aromatic heterocycles. The van der Waals surface area contributed by atoms with Crippen molar-refractivity contribution >= 4 is 68.9 Å². The Balaban J connectivity index is 1.61. The molecule has 1 aliphatic heterocycles. The van der Waals surface area contributed by atoms with Gasteiger partial charge in [0.25, 0.3) is 5.78 Å². The fourth-order valence-electron chi connectivity index (χ4n) is 4.65. The number of nitrogens with zero attached hydrogens (tertiary/aromatic N) is 3. The number of aliphatic hydroxyl groups excluding tert-OH is 1. The van der Waals surface area contributed by atoms with Crippen molar-refractivity contribution in [3.8, 4) is 23.0 Å². The van der Waals surface area contributed by atoms with E-state index in [1.807, 2.05) is 6.07 Å². The third-order valence-corrected chi connectivity index (χ3v) is 9.47. The number of halogens is 2. The summed E-state index contributed by atoms with van der Waals surface area (Å²) in [5, 5.41) is 21.2. The first-order valence-electron chi connectivity index (χ1n) is 12.9. The van der Waals surface area contributed by atoms with E-state index in [2.05, 4.69) is 10.2 Å². The molecule has 5 rings (SSSR count). The van der Waals surface area contributed by atoms with Gasteiger partial charge < -0.3 is 24.1 Å². The van der Waals surface area contributed by atoms with E-state index in [1.54, 1.807) is 48.5 Å². The number of carbonyl (C=O) groups excluding carboxylic acids is 2. The maximum atomic E-state index is 13.7. The van der Waals surface area contributed by atoms with Crippen LogP contribution < -0.4 is 23.8 Å². The van der Waals surface area contributed by atoms with Gasteiger partial charge in [-0.2, -0.15) is 0 Å². The normalized spacial score (nSPS) is 15.9. The highest BCUT2D eigenvalue weighted by Crippen LogP contribution is 2.48. The third kappa shape index (κ3) is 6.03. The number of thioether (sulfide) groups is 1. The number of Topliss-reactive ketones (excluding diaryl/α,β-unsaturated/α-hetero) is 1. The lowest BCUT2D eigenvalue weighted by Gasteiger charge is -2.24. The molecule has 0 bridgehead atoms. The molecule has 14 heteroatoms. The Hall–Kier alpha value is -3.97. The highest BCUT2D eigenvalue weighted by Gasteiger charge is 2.49. The predicted molar refractivity (Wildman–Crippen MR) is 170 cm³/mol. The van der Waals surface area contributed by atoms with Crippen LogP contribution in [0.2, 0.25) is 10.0 Å². The standard InChI is InChI=1S/C30H25Cl2N3O7S2/c1-39-19-9-6-15(7-10-19)25(36)23-24(17-11-21(40-2)27(42-4)22(12-17)41-3)35(28(38)26(23)37)29-33-34-30(44-29)43-14-16-5-8-18(31)13-20(16)32/h5-13,24,36H,14H2,1-4H3/b25-23-. The van der Waals surface area contributed by atoms with Crippen molar-refractivity contribution in [3.63, 3.8) is 0 Å². The second-order valence-corrected chi connectivity index (χ2v) is 12.3. The van der Waals surface area contributed by atoms with Gasteiger partial charge in [0, 0.05) is 21.4 Å². The first-order valence-corrected chi connectivity index (χ1v) is 15.4. The van der Waals surface area contributed by atoms with Crippen molar-refractivity contribution in [3.05, 3.63) is 86.9 Å². The summed E-state index contributed by atoms with van der Waals surface area (Å²) < 4.78 is 22.3. The molecule has 1 atom stereocenters. The molecule has 44 heavy (non-hydrogen) atoms. The molecule has 1 fully saturated rings. The second kappa shape index (κ2) is 13.3. The average Bonchev–Trinajstić information content (AvgIpc) is 3.61. The van der Waals surface area contributed by atoms with Gasteiger partial charge in [0.15, 0.2) is 15.8 Å². The number of ether oxygens (including phenoxy) is 4. The summed E-state index contributed by atoms with van der Waals surface area (Å²) in [5.41, 5.74) is 1.42. The number of hydrogen-bond acceptors (Lipinski definition) is 11. The number of anilines is 1. The molecule has 1 amide bonds. The minimum Gasteiger partial charge on any atom is -0.507 e. The highest BCUT2D eigenvalue weighted by atomic mass is 35.5. The molecule has 228 valence electrons. The summed E-state index contributed by atoms with van der Waals surface area (Å²) in [6.45, 7) is 0. The lowest BCUT2D eigenvalue weighted by molar-refractivity contribution is -0.132. The van der Waals surface area contributed by atoms with Crippen LogP contribution in [0.1, 0.15) is 22.7 Å². The number of benzene rings is 3. The van der Waals surface area contributed by atoms with Crippen LogP contribution in [0, 0.1) is 0 Å². The third-order valence-electron chi connectivity index (χ3n) is 6.78. The Morgan fingerprint density at radius 1 is 0.932 bits per heavy atom. The fourth-order valence-corrected chi connectivity index (χ4v) is 7.07. The number of aromatic nitrogens is 2. The molecule has 0 radical (unpaired) electrons. The number of carbonyl (C=O) groups is 2. The zero-order valence-electron chi connectivity index (χ0n) is 23.8. The number of hydrogen-bond donors (Lipinski definition) is 1. The molecule has 1 saturated heterocycles. The van der Waals surface area contributed by atoms with Gasteiger partial charge in [-0.25, -0.2) is 0 Å². The average molecular weight is 675 g/mol. The summed E-state index contributed by atoms with van der Waals surface area (Å²) in [7, 11) is 5.89. The number of rotatable bonds is 10. The van der Waals surface area contributed by atoms with Gasteiger partial charge in [-0.3, -0.25) is 14.5 Å². The van der Waals surface area contributed by atoms with Crippen LogP contribution in [-0.4, -0.2) is 55.4 Å². The summed E-state index contributed by atoms with van der Waals surface area (Å²) in [6, 6.07) is 13.8. The Morgan fingerprint density at radius 2 is 1.61 bits per heavy atom. The van der Waals surface area contributed by atoms with E-state index < -0.39 is 17.7 Å². The van der Waals surface area contributed by atoms with E-state index in [0.717, 1.165) is 16.9 Å². The minimum atomic E-state index is -1.11. The first kappa shape index (κ1) is 31.5. The molecule has 3 aromatic carbocycles. The van der Waals surface area contributed by atoms with Crippen molar-refractivity contribution in [1.29, 1.82) is 0 Å². The van der Waals surface area contributed by atoms with Gasteiger partial charge in [0.2, 0.25) is 10.9 Å². The van der Waals surface area contributed by atoms with E-state index >= 15 is 0 Å². The topological polar surface area (TPSA) is 120 Å². The van der Waals surface area contributed by atoms with E-state index in [-0.39, 0.29) is 16.5 Å². The van der Waals surface area contributed by atoms with Crippen LogP contribution in [0.15, 0.2) is 64.5 Å². The maximum absolute atomic E-state index is 13.7. The van der Waals surface area contributed by atoms with Crippen LogP contribution in [0.4, 0.5) is 5.13 Å². The van der Waals surface area contributed by atoms with Crippen LogP contribution >= 0.6 is 46.3 Å². The lowest BCUT2D eigenvalue weighted by atomic mass is 9.94. The summed E-state index contributed by atoms with van der Waals surface area (Å²) in [6.07, 6.45) is 0. The van der Waals surface area contributed by atoms with Crippen molar-refractivity contribution in [2.24, 2.45) is 0 Å². The Kier molecular flexibility index (Phi) is 9.54. The number of aliphatic hydroxyl groups is 1. The monoisotopic (exact) mass is 673 g/mol. The lowest BCUT2D eigenvalue weighted by Crippen LogP contribution is -2.29. The molecular formula is C30H25Cl2N3O7S2.